The molecule has 0 aliphatic heterocycles. The number of nitrogens with one attached hydrogen (secondary N) is 1. The van der Waals surface area contributed by atoms with E-state index < -0.39 is 0 Å². The molecule has 7 heteroatoms. The molecule has 98 valence electrons. The van der Waals surface area contributed by atoms with Crippen LogP contribution < -0.4 is 11.2 Å². The third-order valence-corrected chi connectivity index (χ3v) is 2.54. The van der Waals surface area contributed by atoms with Gasteiger partial charge >= 0.3 is 0 Å². The molecule has 0 bridgehead atoms. The van der Waals surface area contributed by atoms with Crippen LogP contribution in [0.2, 0.25) is 0 Å². The lowest BCUT2D eigenvalue weighted by molar-refractivity contribution is 1.18. The second kappa shape index (κ2) is 6.36. The molecule has 0 radical (unpaired) electrons. The monoisotopic (exact) mass is 282 g/mol. The van der Waals surface area contributed by atoms with Crippen LogP contribution >= 0.6 is 12.2 Å². The quantitative estimate of drug-likeness (QED) is 0.503. The summed E-state index contributed by atoms with van der Waals surface area (Å²) in [5.41, 5.74) is 9.61. The highest BCUT2D eigenvalue weighted by Crippen LogP contribution is 2.17. The van der Waals surface area contributed by atoms with Crippen molar-refractivity contribution in [2.24, 2.45) is 10.8 Å². The lowest BCUT2D eigenvalue weighted by Crippen LogP contribution is -2.20. The molecular weight excluding hydrogens is 272 g/mol. The van der Waals surface area contributed by atoms with E-state index >= 15 is 0 Å². The number of hydrogen-bond acceptors (Lipinski definition) is 6. The van der Waals surface area contributed by atoms with E-state index in [0.717, 1.165) is 5.56 Å². The average molecular weight is 282 g/mol. The summed E-state index contributed by atoms with van der Waals surface area (Å²) in [6.45, 7) is 0. The number of nitrogens with two attached hydrogens (primary N) is 1. The molecule has 1 heterocycles. The topological polar surface area (TPSA) is 100.0 Å². The van der Waals surface area contributed by atoms with E-state index in [1.54, 1.807) is 30.6 Å². The maximum Gasteiger partial charge on any atom is 0.194 e. The molecule has 6 nitrogen and oxygen atoms in total. The molecule has 0 unspecified atom stereocenters. The Morgan fingerprint density at radius 3 is 2.45 bits per heavy atom. The first-order chi connectivity index (χ1) is 9.70. The maximum atomic E-state index is 8.76. The molecule has 0 saturated carbocycles. The van der Waals surface area contributed by atoms with Crippen molar-refractivity contribution in [3.63, 3.8) is 0 Å². The fourth-order valence-corrected chi connectivity index (χ4v) is 1.49. The molecule has 0 aliphatic carbocycles. The van der Waals surface area contributed by atoms with Gasteiger partial charge in [0.25, 0.3) is 0 Å². The van der Waals surface area contributed by atoms with Crippen LogP contribution in [0, 0.1) is 11.3 Å². The Balaban J connectivity index is 2.14. The van der Waals surface area contributed by atoms with Gasteiger partial charge in [-0.3, -0.25) is 5.43 Å². The minimum Gasteiger partial charge on any atom is -0.387 e. The van der Waals surface area contributed by atoms with Crippen molar-refractivity contribution >= 4 is 28.6 Å². The molecule has 3 N–H and O–H groups in total. The summed E-state index contributed by atoms with van der Waals surface area (Å²) < 4.78 is 0. The molecule has 0 aliphatic rings. The molecule has 1 aromatic heterocycles. The van der Waals surface area contributed by atoms with Crippen molar-refractivity contribution < 1.29 is 0 Å². The molecule has 2 aromatic rings. The standard InChI is InChI=1S/C13H10N6S/c14-8-11(12(15)20)19-18-10-4-2-9(3-5-10)13-16-6-1-7-17-13/h1-7,18H,(H2,15,20). The van der Waals surface area contributed by atoms with E-state index in [9.17, 15) is 0 Å². The highest BCUT2D eigenvalue weighted by atomic mass is 32.1. The van der Waals surface area contributed by atoms with Crippen molar-refractivity contribution in [3.05, 3.63) is 42.7 Å². The van der Waals surface area contributed by atoms with Gasteiger partial charge in [0.15, 0.2) is 11.5 Å². The van der Waals surface area contributed by atoms with Crippen molar-refractivity contribution in [2.75, 3.05) is 5.43 Å². The Hall–Kier alpha value is -2.85. The predicted octanol–water partition coefficient (Wildman–Crippen LogP) is 1.72. The third-order valence-electron chi connectivity index (χ3n) is 2.34. The number of hydrogen-bond donors (Lipinski definition) is 2. The van der Waals surface area contributed by atoms with Gasteiger partial charge in [-0.1, -0.05) is 12.2 Å². The zero-order valence-electron chi connectivity index (χ0n) is 10.3. The van der Waals surface area contributed by atoms with Gasteiger partial charge in [0.05, 0.1) is 5.69 Å². The molecule has 0 atom stereocenters. The van der Waals surface area contributed by atoms with Crippen molar-refractivity contribution in [3.8, 4) is 17.5 Å². The van der Waals surface area contributed by atoms with Crippen LogP contribution in [0.1, 0.15) is 0 Å². The lowest BCUT2D eigenvalue weighted by Gasteiger charge is -2.03. The SMILES string of the molecule is N#CC(=NNc1ccc(-c2ncccn2)cc1)C(N)=S. The van der Waals surface area contributed by atoms with Crippen LogP contribution in [0.15, 0.2) is 47.8 Å². The first-order valence-electron chi connectivity index (χ1n) is 5.62. The minimum absolute atomic E-state index is 0.0181. The Labute approximate surface area is 121 Å². The van der Waals surface area contributed by atoms with Gasteiger partial charge in [-0.05, 0) is 30.3 Å². The highest BCUT2D eigenvalue weighted by Gasteiger charge is 2.02. The summed E-state index contributed by atoms with van der Waals surface area (Å²) >= 11 is 4.68. The predicted molar refractivity (Wildman–Crippen MR) is 80.9 cm³/mol. The zero-order chi connectivity index (χ0) is 14.4. The number of nitriles is 1. The van der Waals surface area contributed by atoms with Crippen LogP contribution in [0.4, 0.5) is 5.69 Å². The molecular formula is C13H10N6S. The molecule has 2 rings (SSSR count). The summed E-state index contributed by atoms with van der Waals surface area (Å²) in [6, 6.07) is 10.9. The van der Waals surface area contributed by atoms with Gasteiger partial charge < -0.3 is 5.73 Å². The molecule has 20 heavy (non-hydrogen) atoms. The lowest BCUT2D eigenvalue weighted by atomic mass is 10.2. The van der Waals surface area contributed by atoms with E-state index in [1.807, 2.05) is 18.2 Å². The first-order valence-corrected chi connectivity index (χ1v) is 6.02. The number of aromatic nitrogens is 2. The Morgan fingerprint density at radius 2 is 1.90 bits per heavy atom. The van der Waals surface area contributed by atoms with Gasteiger partial charge in [0, 0.05) is 18.0 Å². The van der Waals surface area contributed by atoms with Gasteiger partial charge in [0.2, 0.25) is 0 Å². The Bertz CT molecular complexity index is 672. The number of anilines is 1. The molecule has 1 aromatic carbocycles. The van der Waals surface area contributed by atoms with E-state index in [-0.39, 0.29) is 10.7 Å². The van der Waals surface area contributed by atoms with Gasteiger partial charge in [-0.25, -0.2) is 9.97 Å². The number of thiocarbonyl (C=S) groups is 1. The smallest absolute Gasteiger partial charge is 0.194 e. The van der Waals surface area contributed by atoms with Crippen LogP contribution in [0.3, 0.4) is 0 Å². The van der Waals surface area contributed by atoms with E-state index in [1.165, 1.54) is 0 Å². The summed E-state index contributed by atoms with van der Waals surface area (Å²) in [6.07, 6.45) is 3.36. The van der Waals surface area contributed by atoms with Crippen LogP contribution in [-0.4, -0.2) is 20.7 Å². The van der Waals surface area contributed by atoms with Crippen LogP contribution in [0.5, 0.6) is 0 Å². The second-order valence-corrected chi connectivity index (χ2v) is 4.14. The Morgan fingerprint density at radius 1 is 1.25 bits per heavy atom. The normalized spacial score (nSPS) is 10.7. The van der Waals surface area contributed by atoms with Gasteiger partial charge in [-0.15, -0.1) is 0 Å². The molecule has 0 fully saturated rings. The number of benzene rings is 1. The molecule has 0 spiro atoms. The van der Waals surface area contributed by atoms with E-state index in [4.69, 9.17) is 11.0 Å². The third kappa shape index (κ3) is 3.34. The molecule has 0 amide bonds. The zero-order valence-corrected chi connectivity index (χ0v) is 11.1. The van der Waals surface area contributed by atoms with Crippen molar-refractivity contribution in [1.82, 2.24) is 9.97 Å². The summed E-state index contributed by atoms with van der Waals surface area (Å²) in [7, 11) is 0. The summed E-state index contributed by atoms with van der Waals surface area (Å²) in [5, 5.41) is 12.6. The van der Waals surface area contributed by atoms with Crippen LogP contribution in [0.25, 0.3) is 11.4 Å². The van der Waals surface area contributed by atoms with Crippen LogP contribution in [-0.2, 0) is 0 Å². The number of hydrazone groups is 1. The largest absolute Gasteiger partial charge is 0.387 e. The first kappa shape index (κ1) is 13.6. The average Bonchev–Trinajstić information content (AvgIpc) is 2.49. The Kier molecular flexibility index (Phi) is 4.32. The summed E-state index contributed by atoms with van der Waals surface area (Å²) in [5.74, 6) is 0.642. The summed E-state index contributed by atoms with van der Waals surface area (Å²) in [4.78, 5) is 8.26. The second-order valence-electron chi connectivity index (χ2n) is 3.70. The van der Waals surface area contributed by atoms with Gasteiger partial charge in [0.1, 0.15) is 11.1 Å². The number of rotatable bonds is 4. The number of nitrogens with zero attached hydrogens (tertiary/aromatic N) is 4. The van der Waals surface area contributed by atoms with Gasteiger partial charge in [-0.2, -0.15) is 10.4 Å². The van der Waals surface area contributed by atoms with E-state index in [0.29, 0.717) is 11.5 Å². The maximum absolute atomic E-state index is 8.76. The molecule has 0 saturated heterocycles. The van der Waals surface area contributed by atoms with Crippen molar-refractivity contribution in [1.29, 1.82) is 5.26 Å². The van der Waals surface area contributed by atoms with E-state index in [2.05, 4.69) is 32.7 Å². The van der Waals surface area contributed by atoms with Crippen molar-refractivity contribution in [2.45, 2.75) is 0 Å². The highest BCUT2D eigenvalue weighted by molar-refractivity contribution is 7.82. The fraction of sp³-hybridized carbons (Fsp3) is 0. The fourth-order valence-electron chi connectivity index (χ4n) is 1.40. The minimum atomic E-state index is -0.0469.